The fraction of sp³-hybridized carbons (Fsp3) is 0.700. The van der Waals surface area contributed by atoms with E-state index >= 15 is 0 Å². The van der Waals surface area contributed by atoms with E-state index in [0.29, 0.717) is 12.0 Å². The monoisotopic (exact) mass is 407 g/mol. The molecule has 0 aliphatic heterocycles. The molecule has 5 nitrogen and oxygen atoms in total. The molecule has 0 saturated heterocycles. The van der Waals surface area contributed by atoms with E-state index in [1.807, 2.05) is 6.92 Å². The van der Waals surface area contributed by atoms with Gasteiger partial charge < -0.3 is 14.2 Å². The van der Waals surface area contributed by atoms with Gasteiger partial charge in [0, 0.05) is 16.8 Å². The van der Waals surface area contributed by atoms with Gasteiger partial charge >= 0.3 is 0 Å². The molecule has 2 atom stereocenters. The minimum Gasteiger partial charge on any atom is -0.616 e. The molecule has 1 saturated carbocycles. The number of aromatic nitrogens is 2. The van der Waals surface area contributed by atoms with Crippen molar-refractivity contribution in [3.63, 3.8) is 0 Å². The van der Waals surface area contributed by atoms with Crippen molar-refractivity contribution in [3.05, 3.63) is 16.8 Å². The smallest absolute Gasteiger partial charge is 0.225 e. The second-order valence-electron chi connectivity index (χ2n) is 7.94. The van der Waals surface area contributed by atoms with E-state index in [-0.39, 0.29) is 6.10 Å². The van der Waals surface area contributed by atoms with E-state index in [4.69, 9.17) is 4.74 Å². The van der Waals surface area contributed by atoms with Gasteiger partial charge in [-0.1, -0.05) is 11.2 Å². The number of aryl methyl sites for hydroxylation is 1. The van der Waals surface area contributed by atoms with E-state index in [1.165, 1.54) is 23.3 Å². The Hall–Kier alpha value is -0.890. The summed E-state index contributed by atoms with van der Waals surface area (Å²) in [6, 6.07) is 0.661. The van der Waals surface area contributed by atoms with E-state index in [2.05, 4.69) is 29.0 Å². The highest BCUT2D eigenvalue weighted by Gasteiger charge is 2.33. The van der Waals surface area contributed by atoms with Crippen molar-refractivity contribution in [2.45, 2.75) is 63.5 Å². The quantitative estimate of drug-likeness (QED) is 0.683. The van der Waals surface area contributed by atoms with Crippen LogP contribution in [0.3, 0.4) is 0 Å². The molecule has 0 N–H and O–H groups in total. The van der Waals surface area contributed by atoms with Crippen LogP contribution in [0.25, 0.3) is 10.2 Å². The van der Waals surface area contributed by atoms with Crippen LogP contribution in [0, 0.1) is 0 Å². The zero-order valence-electron chi connectivity index (χ0n) is 16.4. The van der Waals surface area contributed by atoms with Crippen LogP contribution in [-0.4, -0.2) is 57.2 Å². The number of fused-ring (bicyclic) bond motifs is 3. The average Bonchev–Trinajstić information content (AvgIpc) is 3.22. The standard InChI is InChI=1S/C20H29N3O2S2/c1-4-27(24)11-13-5-10-16-17(13)18-19(21-12-22-20(18)26-16)25-15-8-6-14(7-9-15)23(2)3/h12-15H,4-11H2,1-3H3/t13-,14?,15?,27+/m1/s1. The molecule has 1 fully saturated rings. The highest BCUT2D eigenvalue weighted by molar-refractivity contribution is 7.91. The first kappa shape index (κ1) is 19.4. The highest BCUT2D eigenvalue weighted by Crippen LogP contribution is 2.46. The van der Waals surface area contributed by atoms with Crippen molar-refractivity contribution < 1.29 is 9.29 Å². The fourth-order valence-electron chi connectivity index (χ4n) is 4.48. The molecule has 2 aliphatic rings. The number of hydrogen-bond donors (Lipinski definition) is 0. The zero-order chi connectivity index (χ0) is 19.0. The first-order valence-corrected chi connectivity index (χ1v) is 12.3. The Balaban J connectivity index is 1.57. The molecule has 4 rings (SSSR count). The zero-order valence-corrected chi connectivity index (χ0v) is 18.1. The lowest BCUT2D eigenvalue weighted by molar-refractivity contribution is 0.108. The van der Waals surface area contributed by atoms with Crippen molar-refractivity contribution in [1.29, 1.82) is 0 Å². The second-order valence-corrected chi connectivity index (χ2v) is 10.8. The molecule has 0 aromatic carbocycles. The molecule has 0 bridgehead atoms. The predicted octanol–water partition coefficient (Wildman–Crippen LogP) is 3.74. The molecule has 0 spiro atoms. The summed E-state index contributed by atoms with van der Waals surface area (Å²) in [5.41, 5.74) is 1.33. The first-order valence-electron chi connectivity index (χ1n) is 10.0. The third-order valence-corrected chi connectivity index (χ3v) is 8.65. The molecule has 2 heterocycles. The molecular weight excluding hydrogens is 378 g/mol. The van der Waals surface area contributed by atoms with Gasteiger partial charge in [-0.15, -0.1) is 11.3 Å². The van der Waals surface area contributed by atoms with Gasteiger partial charge in [0.2, 0.25) is 5.88 Å². The number of ether oxygens (including phenoxy) is 1. The van der Waals surface area contributed by atoms with Crippen LogP contribution in [0.15, 0.2) is 6.33 Å². The molecule has 7 heteroatoms. The molecule has 0 unspecified atom stereocenters. The molecule has 2 aliphatic carbocycles. The Morgan fingerprint density at radius 1 is 1.22 bits per heavy atom. The van der Waals surface area contributed by atoms with Gasteiger partial charge in [0.25, 0.3) is 0 Å². The third-order valence-electron chi connectivity index (χ3n) is 6.06. The summed E-state index contributed by atoms with van der Waals surface area (Å²) in [6.07, 6.45) is 8.51. The van der Waals surface area contributed by atoms with Gasteiger partial charge in [-0.2, -0.15) is 0 Å². The Morgan fingerprint density at radius 2 is 2.00 bits per heavy atom. The SMILES string of the molecule is CC[S@+]([O-])C[C@H]1CCc2sc3ncnc(OC4CCC(N(C)C)CC4)c3c21. The lowest BCUT2D eigenvalue weighted by Gasteiger charge is -2.32. The Labute approximate surface area is 168 Å². The molecule has 0 radical (unpaired) electrons. The van der Waals surface area contributed by atoms with Crippen LogP contribution in [0.4, 0.5) is 0 Å². The fourth-order valence-corrected chi connectivity index (χ4v) is 6.72. The summed E-state index contributed by atoms with van der Waals surface area (Å²) in [4.78, 5) is 13.8. The highest BCUT2D eigenvalue weighted by atomic mass is 32.2. The lowest BCUT2D eigenvalue weighted by Crippen LogP contribution is -2.35. The van der Waals surface area contributed by atoms with Gasteiger partial charge in [-0.05, 0) is 65.1 Å². The summed E-state index contributed by atoms with van der Waals surface area (Å²) >= 11 is 1.01. The molecule has 0 amide bonds. The summed E-state index contributed by atoms with van der Waals surface area (Å²) in [6.45, 7) is 2.00. The van der Waals surface area contributed by atoms with Crippen LogP contribution >= 0.6 is 11.3 Å². The van der Waals surface area contributed by atoms with Crippen LogP contribution in [-0.2, 0) is 17.6 Å². The van der Waals surface area contributed by atoms with Crippen LogP contribution in [0.2, 0.25) is 0 Å². The van der Waals surface area contributed by atoms with Gasteiger partial charge in [-0.3, -0.25) is 0 Å². The van der Waals surface area contributed by atoms with Gasteiger partial charge in [0.1, 0.15) is 28.8 Å². The maximum atomic E-state index is 12.2. The number of nitrogens with zero attached hydrogens (tertiary/aromatic N) is 3. The molecular formula is C20H29N3O2S2. The minimum absolute atomic E-state index is 0.236. The first-order chi connectivity index (χ1) is 13.1. The summed E-state index contributed by atoms with van der Waals surface area (Å²) < 4.78 is 18.6. The van der Waals surface area contributed by atoms with Crippen LogP contribution in [0.1, 0.15) is 55.4 Å². The van der Waals surface area contributed by atoms with Crippen molar-refractivity contribution in [3.8, 4) is 5.88 Å². The van der Waals surface area contributed by atoms with Crippen LogP contribution in [0.5, 0.6) is 5.88 Å². The second kappa shape index (κ2) is 8.23. The van der Waals surface area contributed by atoms with Crippen molar-refractivity contribution in [2.24, 2.45) is 0 Å². The summed E-state index contributed by atoms with van der Waals surface area (Å²) in [5, 5.41) is 1.10. The minimum atomic E-state index is -0.754. The summed E-state index contributed by atoms with van der Waals surface area (Å²) in [7, 11) is 4.32. The Morgan fingerprint density at radius 3 is 2.70 bits per heavy atom. The Kier molecular flexibility index (Phi) is 5.92. The number of rotatable bonds is 6. The van der Waals surface area contributed by atoms with E-state index in [1.54, 1.807) is 17.7 Å². The third kappa shape index (κ3) is 3.97. The normalized spacial score (nSPS) is 26.5. The van der Waals surface area contributed by atoms with Crippen molar-refractivity contribution in [2.75, 3.05) is 25.6 Å². The van der Waals surface area contributed by atoms with Gasteiger partial charge in [0.15, 0.2) is 0 Å². The molecule has 27 heavy (non-hydrogen) atoms. The summed E-state index contributed by atoms with van der Waals surface area (Å²) in [5.74, 6) is 2.58. The van der Waals surface area contributed by atoms with Crippen LogP contribution < -0.4 is 4.74 Å². The lowest BCUT2D eigenvalue weighted by atomic mass is 9.92. The van der Waals surface area contributed by atoms with Gasteiger partial charge in [-0.25, -0.2) is 9.97 Å². The predicted molar refractivity (Wildman–Crippen MR) is 112 cm³/mol. The number of hydrogen-bond acceptors (Lipinski definition) is 6. The number of thiophene rings is 1. The van der Waals surface area contributed by atoms with E-state index < -0.39 is 11.2 Å². The van der Waals surface area contributed by atoms with Gasteiger partial charge in [0.05, 0.1) is 5.39 Å². The maximum Gasteiger partial charge on any atom is 0.225 e. The van der Waals surface area contributed by atoms with E-state index in [9.17, 15) is 4.55 Å². The van der Waals surface area contributed by atoms with Crippen molar-refractivity contribution >= 4 is 32.7 Å². The molecule has 2 aromatic heterocycles. The van der Waals surface area contributed by atoms with Crippen molar-refractivity contribution in [1.82, 2.24) is 14.9 Å². The maximum absolute atomic E-state index is 12.2. The molecule has 148 valence electrons. The largest absolute Gasteiger partial charge is 0.616 e. The topological polar surface area (TPSA) is 61.3 Å². The van der Waals surface area contributed by atoms with E-state index in [0.717, 1.165) is 53.3 Å². The average molecular weight is 408 g/mol. The molecule has 2 aromatic rings. The Bertz CT molecular complexity index is 787.